The number of nitrogens with two attached hydrogens (primary N) is 1. The number of hydrogen-bond donors (Lipinski definition) is 1. The number of hydrogen-bond acceptors (Lipinski definition) is 5. The maximum absolute atomic E-state index is 5.94. The van der Waals surface area contributed by atoms with Crippen LogP contribution in [0.3, 0.4) is 0 Å². The number of aromatic nitrogens is 4. The van der Waals surface area contributed by atoms with Crippen molar-refractivity contribution < 1.29 is 0 Å². The molecule has 1 atom stereocenters. The van der Waals surface area contributed by atoms with Gasteiger partial charge in [-0.15, -0.1) is 5.10 Å². The van der Waals surface area contributed by atoms with Gasteiger partial charge in [-0.2, -0.15) is 0 Å². The maximum Gasteiger partial charge on any atom is 0.213 e. The molecule has 1 heterocycles. The van der Waals surface area contributed by atoms with E-state index in [9.17, 15) is 0 Å². The van der Waals surface area contributed by atoms with Gasteiger partial charge in [0, 0.05) is 18.0 Å². The zero-order valence-corrected chi connectivity index (χ0v) is 11.4. The molecule has 0 amide bonds. The molecule has 6 heteroatoms. The molecule has 0 aliphatic carbocycles. The van der Waals surface area contributed by atoms with E-state index in [0.29, 0.717) is 0 Å². The van der Waals surface area contributed by atoms with Crippen LogP contribution in [0.1, 0.15) is 18.9 Å². The average molecular weight is 263 g/mol. The van der Waals surface area contributed by atoms with E-state index < -0.39 is 0 Å². The molecular weight excluding hydrogens is 246 g/mol. The van der Waals surface area contributed by atoms with E-state index in [4.69, 9.17) is 5.73 Å². The molecule has 96 valence electrons. The van der Waals surface area contributed by atoms with Gasteiger partial charge in [-0.1, -0.05) is 19.1 Å². The van der Waals surface area contributed by atoms with E-state index in [1.54, 1.807) is 16.4 Å². The number of nitrogens with zero attached hydrogens (tertiary/aromatic N) is 4. The van der Waals surface area contributed by atoms with Crippen molar-refractivity contribution in [3.63, 3.8) is 0 Å². The van der Waals surface area contributed by atoms with Gasteiger partial charge >= 0.3 is 0 Å². The molecule has 0 aliphatic rings. The fourth-order valence-electron chi connectivity index (χ4n) is 1.55. The van der Waals surface area contributed by atoms with Crippen LogP contribution < -0.4 is 5.73 Å². The molecule has 0 spiro atoms. The summed E-state index contributed by atoms with van der Waals surface area (Å²) < 4.78 is 1.66. The van der Waals surface area contributed by atoms with Crippen LogP contribution in [0.25, 0.3) is 0 Å². The predicted molar refractivity (Wildman–Crippen MR) is 71.3 cm³/mol. The highest BCUT2D eigenvalue weighted by Gasteiger charge is 2.05. The first-order valence-electron chi connectivity index (χ1n) is 5.93. The lowest BCUT2D eigenvalue weighted by Crippen LogP contribution is -2.21. The van der Waals surface area contributed by atoms with E-state index in [2.05, 4.69) is 46.7 Å². The third-order valence-corrected chi connectivity index (χ3v) is 3.77. The van der Waals surface area contributed by atoms with Crippen LogP contribution in [-0.4, -0.2) is 26.2 Å². The molecule has 1 aromatic heterocycles. The Kier molecular flexibility index (Phi) is 4.33. The predicted octanol–water partition coefficient (Wildman–Crippen LogP) is 1.64. The minimum Gasteiger partial charge on any atom is -0.327 e. The van der Waals surface area contributed by atoms with Crippen LogP contribution in [0.5, 0.6) is 0 Å². The normalized spacial score (nSPS) is 12.6. The SMILES string of the molecule is CCC(N)Cc1ccc(Sc2nnnn2C)cc1. The lowest BCUT2D eigenvalue weighted by atomic mass is 10.1. The second-order valence-corrected chi connectivity index (χ2v) is 5.24. The summed E-state index contributed by atoms with van der Waals surface area (Å²) in [5.41, 5.74) is 7.21. The summed E-state index contributed by atoms with van der Waals surface area (Å²) in [4.78, 5) is 1.13. The number of benzene rings is 1. The minimum absolute atomic E-state index is 0.242. The minimum atomic E-state index is 0.242. The van der Waals surface area contributed by atoms with Crippen LogP contribution in [0.4, 0.5) is 0 Å². The van der Waals surface area contributed by atoms with Gasteiger partial charge in [-0.3, -0.25) is 0 Å². The number of rotatable bonds is 5. The molecule has 2 rings (SSSR count). The second-order valence-electron chi connectivity index (χ2n) is 4.20. The molecule has 2 aromatic rings. The van der Waals surface area contributed by atoms with Crippen molar-refractivity contribution in [1.29, 1.82) is 0 Å². The highest BCUT2D eigenvalue weighted by Crippen LogP contribution is 2.25. The smallest absolute Gasteiger partial charge is 0.213 e. The van der Waals surface area contributed by atoms with Gasteiger partial charge in [0.25, 0.3) is 0 Å². The summed E-state index contributed by atoms with van der Waals surface area (Å²) in [5, 5.41) is 12.1. The Hall–Kier alpha value is -1.40. The van der Waals surface area contributed by atoms with E-state index in [1.165, 1.54) is 5.56 Å². The van der Waals surface area contributed by atoms with Gasteiger partial charge < -0.3 is 5.73 Å². The standard InChI is InChI=1S/C12H17N5S/c1-3-10(13)8-9-4-6-11(7-5-9)18-12-14-15-16-17(12)2/h4-7,10H,3,8,13H2,1-2H3. The first-order chi connectivity index (χ1) is 8.69. The Morgan fingerprint density at radius 2 is 2.06 bits per heavy atom. The molecule has 18 heavy (non-hydrogen) atoms. The third-order valence-electron chi connectivity index (χ3n) is 2.74. The molecule has 0 fully saturated rings. The lowest BCUT2D eigenvalue weighted by Gasteiger charge is -2.08. The van der Waals surface area contributed by atoms with E-state index in [0.717, 1.165) is 22.9 Å². The van der Waals surface area contributed by atoms with E-state index >= 15 is 0 Å². The number of aryl methyl sites for hydroxylation is 1. The van der Waals surface area contributed by atoms with Crippen LogP contribution >= 0.6 is 11.8 Å². The topological polar surface area (TPSA) is 69.6 Å². The number of tetrazole rings is 1. The quantitative estimate of drug-likeness (QED) is 0.888. The fraction of sp³-hybridized carbons (Fsp3) is 0.417. The average Bonchev–Trinajstić information content (AvgIpc) is 2.77. The van der Waals surface area contributed by atoms with Crippen molar-refractivity contribution in [1.82, 2.24) is 20.2 Å². The molecule has 2 N–H and O–H groups in total. The maximum atomic E-state index is 5.94. The summed E-state index contributed by atoms with van der Waals surface area (Å²) in [5.74, 6) is 0. The summed E-state index contributed by atoms with van der Waals surface area (Å²) in [6.45, 7) is 2.11. The first kappa shape index (κ1) is 13.0. The van der Waals surface area contributed by atoms with Crippen molar-refractivity contribution in [2.45, 2.75) is 35.9 Å². The Balaban J connectivity index is 2.02. The molecule has 1 aromatic carbocycles. The Bertz CT molecular complexity index is 493. The van der Waals surface area contributed by atoms with Crippen molar-refractivity contribution in [2.75, 3.05) is 0 Å². The molecule has 0 saturated heterocycles. The summed E-state index contributed by atoms with van der Waals surface area (Å²) >= 11 is 1.55. The molecule has 0 bridgehead atoms. The van der Waals surface area contributed by atoms with Gasteiger partial charge in [-0.05, 0) is 52.7 Å². The first-order valence-corrected chi connectivity index (χ1v) is 6.75. The third kappa shape index (κ3) is 3.30. The fourth-order valence-corrected chi connectivity index (χ4v) is 2.28. The van der Waals surface area contributed by atoms with Gasteiger partial charge in [0.05, 0.1) is 0 Å². The summed E-state index contributed by atoms with van der Waals surface area (Å²) in [6.07, 6.45) is 1.92. The highest BCUT2D eigenvalue weighted by atomic mass is 32.2. The lowest BCUT2D eigenvalue weighted by molar-refractivity contribution is 0.646. The Morgan fingerprint density at radius 3 is 2.61 bits per heavy atom. The van der Waals surface area contributed by atoms with Gasteiger partial charge in [0.1, 0.15) is 0 Å². The van der Waals surface area contributed by atoms with Crippen LogP contribution in [0.15, 0.2) is 34.3 Å². The van der Waals surface area contributed by atoms with Crippen LogP contribution in [-0.2, 0) is 13.5 Å². The van der Waals surface area contributed by atoms with E-state index in [1.807, 2.05) is 7.05 Å². The van der Waals surface area contributed by atoms with Crippen molar-refractivity contribution in [2.24, 2.45) is 12.8 Å². The summed E-state index contributed by atoms with van der Waals surface area (Å²) in [6, 6.07) is 8.63. The van der Waals surface area contributed by atoms with Crippen LogP contribution in [0.2, 0.25) is 0 Å². The molecule has 0 radical (unpaired) electrons. The van der Waals surface area contributed by atoms with Gasteiger partial charge in [-0.25, -0.2) is 4.68 Å². The second kappa shape index (κ2) is 5.97. The van der Waals surface area contributed by atoms with Gasteiger partial charge in [0.2, 0.25) is 5.16 Å². The van der Waals surface area contributed by atoms with E-state index in [-0.39, 0.29) is 6.04 Å². The highest BCUT2D eigenvalue weighted by molar-refractivity contribution is 7.99. The zero-order chi connectivity index (χ0) is 13.0. The van der Waals surface area contributed by atoms with Gasteiger partial charge in [0.15, 0.2) is 0 Å². The summed E-state index contributed by atoms with van der Waals surface area (Å²) in [7, 11) is 1.83. The largest absolute Gasteiger partial charge is 0.327 e. The molecule has 0 aliphatic heterocycles. The zero-order valence-electron chi connectivity index (χ0n) is 10.6. The van der Waals surface area contributed by atoms with Crippen molar-refractivity contribution in [3.05, 3.63) is 29.8 Å². The Labute approximate surface area is 111 Å². The van der Waals surface area contributed by atoms with Crippen LogP contribution in [0, 0.1) is 0 Å². The monoisotopic (exact) mass is 263 g/mol. The Morgan fingerprint density at radius 1 is 1.33 bits per heavy atom. The van der Waals surface area contributed by atoms with Crippen molar-refractivity contribution >= 4 is 11.8 Å². The molecule has 1 unspecified atom stereocenters. The van der Waals surface area contributed by atoms with Crippen molar-refractivity contribution in [3.8, 4) is 0 Å². The molecule has 5 nitrogen and oxygen atoms in total. The molecule has 0 saturated carbocycles. The molecular formula is C12H17N5S.